The first-order chi connectivity index (χ1) is 7.85. The Morgan fingerprint density at radius 1 is 1.12 bits per heavy atom. The lowest BCUT2D eigenvalue weighted by Crippen LogP contribution is -2.30. The number of nitrogens with zero attached hydrogens (tertiary/aromatic N) is 1. The summed E-state index contributed by atoms with van der Waals surface area (Å²) in [6.07, 6.45) is 3.89. The summed E-state index contributed by atoms with van der Waals surface area (Å²) >= 11 is 0. The van der Waals surface area contributed by atoms with E-state index in [0.29, 0.717) is 0 Å². The molecule has 7 nitrogen and oxygen atoms in total. The van der Waals surface area contributed by atoms with Crippen LogP contribution in [0.3, 0.4) is 0 Å². The minimum atomic E-state index is -1.68. The van der Waals surface area contributed by atoms with Crippen LogP contribution in [0.15, 0.2) is 24.3 Å². The molecule has 0 bridgehead atoms. The van der Waals surface area contributed by atoms with E-state index in [4.69, 9.17) is 0 Å². The highest BCUT2D eigenvalue weighted by Crippen LogP contribution is 2.13. The molecule has 7 heteroatoms. The molecule has 0 spiro atoms. The largest absolute Gasteiger partial charge is 0.466 e. The molecule has 94 valence electrons. The van der Waals surface area contributed by atoms with Gasteiger partial charge in [0.25, 0.3) is 5.54 Å². The van der Waals surface area contributed by atoms with Gasteiger partial charge >= 0.3 is 11.9 Å². The first kappa shape index (κ1) is 14.8. The van der Waals surface area contributed by atoms with Gasteiger partial charge in [0, 0.05) is 36.2 Å². The van der Waals surface area contributed by atoms with Crippen molar-refractivity contribution in [2.75, 3.05) is 14.2 Å². The molecule has 0 heterocycles. The fourth-order valence-corrected chi connectivity index (χ4v) is 0.787. The number of methoxy groups -OCH3 is 2. The van der Waals surface area contributed by atoms with Crippen molar-refractivity contribution >= 4 is 11.9 Å². The smallest absolute Gasteiger partial charge is 0.330 e. The number of hydrogen-bond donors (Lipinski definition) is 0. The minimum Gasteiger partial charge on any atom is -0.466 e. The maximum absolute atomic E-state index is 10.8. The van der Waals surface area contributed by atoms with Crippen molar-refractivity contribution in [3.8, 4) is 0 Å². The zero-order valence-electron chi connectivity index (χ0n) is 9.71. The highest BCUT2D eigenvalue weighted by molar-refractivity contribution is 5.83. The van der Waals surface area contributed by atoms with Gasteiger partial charge in [0.15, 0.2) is 0 Å². The molecule has 0 unspecified atom stereocenters. The van der Waals surface area contributed by atoms with E-state index in [0.717, 1.165) is 38.5 Å². The zero-order chi connectivity index (χ0) is 13.5. The van der Waals surface area contributed by atoms with Crippen LogP contribution in [0.5, 0.6) is 0 Å². The van der Waals surface area contributed by atoms with Gasteiger partial charge in [-0.25, -0.2) is 9.59 Å². The van der Waals surface area contributed by atoms with Gasteiger partial charge < -0.3 is 9.47 Å². The maximum Gasteiger partial charge on any atom is 0.330 e. The van der Waals surface area contributed by atoms with E-state index < -0.39 is 22.4 Å². The molecule has 0 saturated heterocycles. The average Bonchev–Trinajstić information content (AvgIpc) is 2.32. The van der Waals surface area contributed by atoms with Crippen LogP contribution in [-0.2, 0) is 19.1 Å². The summed E-state index contributed by atoms with van der Waals surface area (Å²) in [7, 11) is 2.31. The third-order valence-corrected chi connectivity index (χ3v) is 1.91. The molecule has 0 aliphatic heterocycles. The molecule has 0 amide bonds. The number of carbonyl (C=O) groups excluding carboxylic acids is 2. The third-order valence-electron chi connectivity index (χ3n) is 1.91. The second-order valence-corrected chi connectivity index (χ2v) is 3.20. The van der Waals surface area contributed by atoms with Crippen molar-refractivity contribution in [3.05, 3.63) is 34.4 Å². The summed E-state index contributed by atoms with van der Waals surface area (Å²) < 4.78 is 8.62. The Labute approximate surface area is 97.8 Å². The van der Waals surface area contributed by atoms with Crippen LogP contribution < -0.4 is 0 Å². The van der Waals surface area contributed by atoms with Crippen molar-refractivity contribution in [2.24, 2.45) is 0 Å². The van der Waals surface area contributed by atoms with E-state index in [1.165, 1.54) is 6.92 Å². The zero-order valence-corrected chi connectivity index (χ0v) is 9.71. The normalized spacial score (nSPS) is 11.7. The lowest BCUT2D eigenvalue weighted by molar-refractivity contribution is -0.535. The molecular formula is C10H13NO6. The predicted octanol–water partition coefficient (Wildman–Crippen LogP) is 0.480. The van der Waals surface area contributed by atoms with E-state index in [1.54, 1.807) is 0 Å². The molecule has 0 aliphatic carbocycles. The SMILES string of the molecule is COC(=O)/C=C/C(C)(/C=C/C(=O)OC)[N+](=O)[O-]. The van der Waals surface area contributed by atoms with Gasteiger partial charge in [-0.15, -0.1) is 0 Å². The molecule has 17 heavy (non-hydrogen) atoms. The van der Waals surface area contributed by atoms with Crippen LogP contribution in [0.4, 0.5) is 0 Å². The Bertz CT molecular complexity index is 345. The van der Waals surface area contributed by atoms with E-state index in [2.05, 4.69) is 9.47 Å². The summed E-state index contributed by atoms with van der Waals surface area (Å²) in [5, 5.41) is 10.8. The van der Waals surface area contributed by atoms with Gasteiger partial charge in [0.1, 0.15) is 0 Å². The highest BCUT2D eigenvalue weighted by Gasteiger charge is 2.31. The molecule has 0 rings (SSSR count). The number of hydrogen-bond acceptors (Lipinski definition) is 6. The van der Waals surface area contributed by atoms with Gasteiger partial charge in [-0.3, -0.25) is 10.1 Å². The Hall–Kier alpha value is -2.18. The van der Waals surface area contributed by atoms with E-state index in [-0.39, 0.29) is 0 Å². The van der Waals surface area contributed by atoms with Crippen molar-refractivity contribution in [1.29, 1.82) is 0 Å². The molecule has 0 N–H and O–H groups in total. The molecule has 0 atom stereocenters. The Balaban J connectivity index is 4.99. The second-order valence-electron chi connectivity index (χ2n) is 3.20. The van der Waals surface area contributed by atoms with Crippen LogP contribution in [0.1, 0.15) is 6.92 Å². The van der Waals surface area contributed by atoms with Crippen molar-refractivity contribution in [2.45, 2.75) is 12.5 Å². The molecule has 0 aromatic carbocycles. The summed E-state index contributed by atoms with van der Waals surface area (Å²) in [5.41, 5.74) is -1.68. The second kappa shape index (κ2) is 6.41. The van der Waals surface area contributed by atoms with Gasteiger partial charge in [0.05, 0.1) is 14.2 Å². The van der Waals surface area contributed by atoms with Crippen molar-refractivity contribution in [1.82, 2.24) is 0 Å². The minimum absolute atomic E-state index is 0.647. The summed E-state index contributed by atoms with van der Waals surface area (Å²) in [6, 6.07) is 0. The fraction of sp³-hybridized carbons (Fsp3) is 0.400. The fourth-order valence-electron chi connectivity index (χ4n) is 0.787. The first-order valence-corrected chi connectivity index (χ1v) is 4.54. The number of ether oxygens (including phenoxy) is 2. The van der Waals surface area contributed by atoms with E-state index in [1.807, 2.05) is 0 Å². The Morgan fingerprint density at radius 2 is 1.47 bits per heavy atom. The maximum atomic E-state index is 10.8. The highest BCUT2D eigenvalue weighted by atomic mass is 16.6. The monoisotopic (exact) mass is 243 g/mol. The molecule has 0 aromatic heterocycles. The van der Waals surface area contributed by atoms with Crippen molar-refractivity contribution < 1.29 is 24.0 Å². The van der Waals surface area contributed by atoms with Crippen LogP contribution in [0.25, 0.3) is 0 Å². The number of esters is 2. The summed E-state index contributed by atoms with van der Waals surface area (Å²) in [6.45, 7) is 1.23. The molecule has 0 aromatic rings. The number of rotatable bonds is 5. The Kier molecular flexibility index (Phi) is 5.59. The molecule has 0 saturated carbocycles. The lowest BCUT2D eigenvalue weighted by atomic mass is 10.0. The first-order valence-electron chi connectivity index (χ1n) is 4.54. The number of carbonyl (C=O) groups is 2. The van der Waals surface area contributed by atoms with Gasteiger partial charge in [0.2, 0.25) is 0 Å². The van der Waals surface area contributed by atoms with Crippen LogP contribution in [0, 0.1) is 10.1 Å². The molecule has 0 aliphatic rings. The molecule has 0 fully saturated rings. The van der Waals surface area contributed by atoms with Gasteiger partial charge in [-0.1, -0.05) is 0 Å². The third kappa shape index (κ3) is 4.92. The summed E-state index contributed by atoms with van der Waals surface area (Å²) in [4.78, 5) is 31.8. The van der Waals surface area contributed by atoms with Gasteiger partial charge in [-0.2, -0.15) is 0 Å². The van der Waals surface area contributed by atoms with Crippen LogP contribution in [-0.4, -0.2) is 36.6 Å². The van der Waals surface area contributed by atoms with Gasteiger partial charge in [-0.05, 0) is 0 Å². The quantitative estimate of drug-likeness (QED) is 0.301. The van der Waals surface area contributed by atoms with E-state index >= 15 is 0 Å². The predicted molar refractivity (Wildman–Crippen MR) is 57.7 cm³/mol. The van der Waals surface area contributed by atoms with Crippen LogP contribution in [0.2, 0.25) is 0 Å². The lowest BCUT2D eigenvalue weighted by Gasteiger charge is -2.11. The Morgan fingerprint density at radius 3 is 1.71 bits per heavy atom. The topological polar surface area (TPSA) is 95.7 Å². The van der Waals surface area contributed by atoms with Crippen LogP contribution >= 0.6 is 0 Å². The van der Waals surface area contributed by atoms with E-state index in [9.17, 15) is 19.7 Å². The molecular weight excluding hydrogens is 230 g/mol. The van der Waals surface area contributed by atoms with Crippen molar-refractivity contribution in [3.63, 3.8) is 0 Å². The standard InChI is InChI=1S/C10H13NO6/c1-10(11(14)15,6-4-8(12)16-2)7-5-9(13)17-3/h4-7H,1-3H3/b6-4+,7-5+. The average molecular weight is 243 g/mol. The summed E-state index contributed by atoms with van der Waals surface area (Å²) in [5.74, 6) is -1.44. The number of nitro groups is 1. The molecule has 0 radical (unpaired) electrons.